The minimum atomic E-state index is 0.602. The summed E-state index contributed by atoms with van der Waals surface area (Å²) in [6, 6.07) is 8.99. The van der Waals surface area contributed by atoms with Gasteiger partial charge in [-0.15, -0.1) is 0 Å². The highest BCUT2D eigenvalue weighted by molar-refractivity contribution is 5.78. The highest BCUT2D eigenvalue weighted by Gasteiger charge is 2.20. The highest BCUT2D eigenvalue weighted by atomic mass is 15.3. The first-order chi connectivity index (χ1) is 10.3. The molecule has 2 heterocycles. The van der Waals surface area contributed by atoms with Gasteiger partial charge in [0.2, 0.25) is 5.95 Å². The highest BCUT2D eigenvalue weighted by Crippen LogP contribution is 2.22. The van der Waals surface area contributed by atoms with E-state index in [4.69, 9.17) is 4.98 Å². The van der Waals surface area contributed by atoms with Gasteiger partial charge in [-0.05, 0) is 37.9 Å². The lowest BCUT2D eigenvalue weighted by Gasteiger charge is -2.31. The topological polar surface area (TPSA) is 33.1 Å². The maximum Gasteiger partial charge on any atom is 0.206 e. The molecule has 2 aromatic rings. The van der Waals surface area contributed by atoms with E-state index >= 15 is 0 Å². The van der Waals surface area contributed by atoms with Crippen molar-refractivity contribution in [2.45, 2.75) is 38.6 Å². The van der Waals surface area contributed by atoms with E-state index in [-0.39, 0.29) is 0 Å². The van der Waals surface area contributed by atoms with Gasteiger partial charge < -0.3 is 14.8 Å². The summed E-state index contributed by atoms with van der Waals surface area (Å²) in [6.07, 6.45) is 5.09. The first-order valence-corrected chi connectivity index (χ1v) is 8.19. The van der Waals surface area contributed by atoms with Crippen LogP contribution in [0.1, 0.15) is 32.6 Å². The van der Waals surface area contributed by atoms with Crippen molar-refractivity contribution in [1.82, 2.24) is 14.9 Å². The number of aromatic nitrogens is 2. The third-order valence-corrected chi connectivity index (χ3v) is 4.39. The SMILES string of the molecule is CCCN(CC1CCCCN1)c1nc2ccccc2n1C. The van der Waals surface area contributed by atoms with E-state index in [0.29, 0.717) is 6.04 Å². The van der Waals surface area contributed by atoms with E-state index in [0.717, 1.165) is 37.5 Å². The average Bonchev–Trinajstić information content (AvgIpc) is 2.85. The van der Waals surface area contributed by atoms with Crippen molar-refractivity contribution in [1.29, 1.82) is 0 Å². The molecule has 0 amide bonds. The van der Waals surface area contributed by atoms with Crippen LogP contribution in [0.4, 0.5) is 5.95 Å². The zero-order chi connectivity index (χ0) is 14.7. The minimum Gasteiger partial charge on any atom is -0.341 e. The summed E-state index contributed by atoms with van der Waals surface area (Å²) in [5, 5.41) is 3.65. The molecule has 1 aliphatic heterocycles. The second-order valence-corrected chi connectivity index (χ2v) is 6.05. The molecule has 1 unspecified atom stereocenters. The Labute approximate surface area is 127 Å². The van der Waals surface area contributed by atoms with Crippen LogP contribution in [0.3, 0.4) is 0 Å². The molecule has 0 saturated carbocycles. The Morgan fingerprint density at radius 1 is 1.33 bits per heavy atom. The number of piperidine rings is 1. The fraction of sp³-hybridized carbons (Fsp3) is 0.588. The fourth-order valence-corrected chi connectivity index (χ4v) is 3.30. The number of hydrogen-bond acceptors (Lipinski definition) is 3. The van der Waals surface area contributed by atoms with Gasteiger partial charge in [0.25, 0.3) is 0 Å². The Balaban J connectivity index is 1.85. The zero-order valence-electron chi connectivity index (χ0n) is 13.2. The minimum absolute atomic E-state index is 0.602. The molecule has 0 bridgehead atoms. The van der Waals surface area contributed by atoms with Crippen LogP contribution in [0.15, 0.2) is 24.3 Å². The first-order valence-electron chi connectivity index (χ1n) is 8.19. The van der Waals surface area contributed by atoms with E-state index in [1.165, 1.54) is 24.8 Å². The van der Waals surface area contributed by atoms with Gasteiger partial charge in [-0.25, -0.2) is 4.98 Å². The quantitative estimate of drug-likeness (QED) is 0.917. The van der Waals surface area contributed by atoms with Crippen LogP contribution in [0.25, 0.3) is 11.0 Å². The van der Waals surface area contributed by atoms with E-state index < -0.39 is 0 Å². The maximum atomic E-state index is 4.86. The number of imidazole rings is 1. The molecule has 0 spiro atoms. The Bertz CT molecular complexity index is 583. The van der Waals surface area contributed by atoms with Gasteiger partial charge in [-0.3, -0.25) is 0 Å². The number of fused-ring (bicyclic) bond motifs is 1. The average molecular weight is 286 g/mol. The van der Waals surface area contributed by atoms with E-state index in [9.17, 15) is 0 Å². The molecule has 1 fully saturated rings. The van der Waals surface area contributed by atoms with Crippen LogP contribution in [0.2, 0.25) is 0 Å². The normalized spacial score (nSPS) is 19.0. The molecule has 1 saturated heterocycles. The lowest BCUT2D eigenvalue weighted by Crippen LogP contribution is -2.44. The predicted octanol–water partition coefficient (Wildman–Crippen LogP) is 2.93. The summed E-state index contributed by atoms with van der Waals surface area (Å²) in [6.45, 7) is 5.53. The van der Waals surface area contributed by atoms with Crippen LogP contribution in [-0.2, 0) is 7.05 Å². The second-order valence-electron chi connectivity index (χ2n) is 6.05. The molecule has 114 valence electrons. The fourth-order valence-electron chi connectivity index (χ4n) is 3.30. The molecule has 21 heavy (non-hydrogen) atoms. The molecular formula is C17H26N4. The lowest BCUT2D eigenvalue weighted by molar-refractivity contribution is 0.397. The Morgan fingerprint density at radius 3 is 2.90 bits per heavy atom. The van der Waals surface area contributed by atoms with Crippen molar-refractivity contribution in [2.75, 3.05) is 24.5 Å². The summed E-state index contributed by atoms with van der Waals surface area (Å²) in [5.74, 6) is 1.10. The monoisotopic (exact) mass is 286 g/mol. The molecule has 1 aromatic carbocycles. The standard InChI is InChI=1S/C17H26N4/c1-3-12-21(13-14-8-6-7-11-18-14)17-19-15-9-4-5-10-16(15)20(17)2/h4-5,9-10,14,18H,3,6-8,11-13H2,1-2H3. The van der Waals surface area contributed by atoms with E-state index in [1.54, 1.807) is 0 Å². The van der Waals surface area contributed by atoms with Crippen LogP contribution < -0.4 is 10.2 Å². The van der Waals surface area contributed by atoms with Crippen molar-refractivity contribution in [3.63, 3.8) is 0 Å². The number of nitrogens with one attached hydrogen (secondary N) is 1. The molecule has 1 aromatic heterocycles. The van der Waals surface area contributed by atoms with Crippen LogP contribution in [0, 0.1) is 0 Å². The summed E-state index contributed by atoms with van der Waals surface area (Å²) < 4.78 is 2.23. The molecule has 3 rings (SSSR count). The molecular weight excluding hydrogens is 260 g/mol. The number of benzene rings is 1. The van der Waals surface area contributed by atoms with Gasteiger partial charge in [-0.2, -0.15) is 0 Å². The predicted molar refractivity (Wildman–Crippen MR) is 88.9 cm³/mol. The second kappa shape index (κ2) is 6.48. The Hall–Kier alpha value is -1.55. The maximum absolute atomic E-state index is 4.86. The van der Waals surface area contributed by atoms with Gasteiger partial charge in [0.05, 0.1) is 11.0 Å². The number of anilines is 1. The van der Waals surface area contributed by atoms with E-state index in [1.807, 2.05) is 0 Å². The Kier molecular flexibility index (Phi) is 4.44. The molecule has 4 nitrogen and oxygen atoms in total. The molecule has 0 radical (unpaired) electrons. The zero-order valence-corrected chi connectivity index (χ0v) is 13.2. The molecule has 0 aliphatic carbocycles. The summed E-state index contributed by atoms with van der Waals surface area (Å²) in [5.41, 5.74) is 2.30. The van der Waals surface area contributed by atoms with Crippen molar-refractivity contribution in [3.05, 3.63) is 24.3 Å². The first kappa shape index (κ1) is 14.4. The lowest BCUT2D eigenvalue weighted by atomic mass is 10.0. The van der Waals surface area contributed by atoms with Gasteiger partial charge in [0.1, 0.15) is 0 Å². The number of aryl methyl sites for hydroxylation is 1. The largest absolute Gasteiger partial charge is 0.341 e. The van der Waals surface area contributed by atoms with Crippen LogP contribution in [0.5, 0.6) is 0 Å². The van der Waals surface area contributed by atoms with Crippen LogP contribution >= 0.6 is 0 Å². The van der Waals surface area contributed by atoms with Crippen molar-refractivity contribution in [3.8, 4) is 0 Å². The van der Waals surface area contributed by atoms with Crippen molar-refractivity contribution in [2.24, 2.45) is 7.05 Å². The van der Waals surface area contributed by atoms with Gasteiger partial charge in [0, 0.05) is 26.2 Å². The smallest absolute Gasteiger partial charge is 0.206 e. The third-order valence-electron chi connectivity index (χ3n) is 4.39. The van der Waals surface area contributed by atoms with Gasteiger partial charge in [-0.1, -0.05) is 25.5 Å². The number of nitrogens with zero attached hydrogens (tertiary/aromatic N) is 3. The summed E-state index contributed by atoms with van der Waals surface area (Å²) in [7, 11) is 2.13. The molecule has 1 atom stereocenters. The summed E-state index contributed by atoms with van der Waals surface area (Å²) >= 11 is 0. The number of hydrogen-bond donors (Lipinski definition) is 1. The number of para-hydroxylation sites is 2. The van der Waals surface area contributed by atoms with Gasteiger partial charge >= 0.3 is 0 Å². The van der Waals surface area contributed by atoms with E-state index in [2.05, 4.69) is 53.0 Å². The summed E-state index contributed by atoms with van der Waals surface area (Å²) in [4.78, 5) is 7.31. The molecule has 4 heteroatoms. The van der Waals surface area contributed by atoms with Crippen LogP contribution in [-0.4, -0.2) is 35.2 Å². The number of rotatable bonds is 5. The Morgan fingerprint density at radius 2 is 2.19 bits per heavy atom. The van der Waals surface area contributed by atoms with Gasteiger partial charge in [0.15, 0.2) is 0 Å². The van der Waals surface area contributed by atoms with Crippen molar-refractivity contribution >= 4 is 17.0 Å². The van der Waals surface area contributed by atoms with Crippen molar-refractivity contribution < 1.29 is 0 Å². The molecule has 1 N–H and O–H groups in total. The molecule has 1 aliphatic rings. The third kappa shape index (κ3) is 3.05.